The number of halogens is 4. The largest absolute Gasteiger partial charge is 0.483 e. The van der Waals surface area contributed by atoms with E-state index in [9.17, 15) is 26.4 Å². The summed E-state index contributed by atoms with van der Waals surface area (Å²) in [7, 11) is -3.69. The minimum Gasteiger partial charge on any atom is -0.483 e. The maximum Gasteiger partial charge on any atom is 0.419 e. The van der Waals surface area contributed by atoms with Gasteiger partial charge in [-0.25, -0.2) is 8.42 Å². The first-order valence-corrected chi connectivity index (χ1v) is 11.0. The maximum absolute atomic E-state index is 13.0. The van der Waals surface area contributed by atoms with Crippen molar-refractivity contribution in [2.24, 2.45) is 0 Å². The molecule has 1 aliphatic rings. The highest BCUT2D eigenvalue weighted by molar-refractivity contribution is 7.91. The lowest BCUT2D eigenvalue weighted by atomic mass is 10.2. The summed E-state index contributed by atoms with van der Waals surface area (Å²) in [6.07, 6.45) is -4.59. The van der Waals surface area contributed by atoms with Crippen molar-refractivity contribution in [3.63, 3.8) is 0 Å². The minimum atomic E-state index is -4.59. The van der Waals surface area contributed by atoms with Crippen LogP contribution in [-0.2, 0) is 21.0 Å². The van der Waals surface area contributed by atoms with Gasteiger partial charge in [-0.2, -0.15) is 17.5 Å². The van der Waals surface area contributed by atoms with Crippen LogP contribution in [0, 0.1) is 0 Å². The Bertz CT molecular complexity index is 987. The van der Waals surface area contributed by atoms with Crippen molar-refractivity contribution < 1.29 is 31.1 Å². The summed E-state index contributed by atoms with van der Waals surface area (Å²) in [5.41, 5.74) is -0.960. The molecule has 0 aliphatic carbocycles. The molecule has 0 atom stereocenters. The first kappa shape index (κ1) is 21.9. The van der Waals surface area contributed by atoms with Gasteiger partial charge in [0, 0.05) is 26.2 Å². The molecule has 2 heterocycles. The summed E-state index contributed by atoms with van der Waals surface area (Å²) in [6.45, 7) is -0.200. The molecule has 1 saturated heterocycles. The standard InChI is InChI=1S/C17H16ClF3N2O4S2/c18-14-5-6-16(28-14)29(25,26)23-9-7-22(8-10-23)15(24)11-27-13-4-2-1-3-12(13)17(19,20)21/h1-6H,7-11H2. The maximum atomic E-state index is 13.0. The van der Waals surface area contributed by atoms with E-state index in [1.807, 2.05) is 0 Å². The van der Waals surface area contributed by atoms with Crippen molar-refractivity contribution in [3.8, 4) is 5.75 Å². The van der Waals surface area contributed by atoms with E-state index in [2.05, 4.69) is 0 Å². The number of carbonyl (C=O) groups is 1. The quantitative estimate of drug-likeness (QED) is 0.675. The zero-order valence-corrected chi connectivity index (χ0v) is 17.2. The van der Waals surface area contributed by atoms with Gasteiger partial charge in [0.05, 0.1) is 9.90 Å². The zero-order chi connectivity index (χ0) is 21.2. The fourth-order valence-corrected chi connectivity index (χ4v) is 5.86. The molecule has 12 heteroatoms. The van der Waals surface area contributed by atoms with Gasteiger partial charge in [-0.1, -0.05) is 23.7 Å². The Hall–Kier alpha value is -1.82. The highest BCUT2D eigenvalue weighted by Crippen LogP contribution is 2.36. The predicted molar refractivity (Wildman–Crippen MR) is 102 cm³/mol. The number of amides is 1. The fraction of sp³-hybridized carbons (Fsp3) is 0.353. The molecule has 0 unspecified atom stereocenters. The van der Waals surface area contributed by atoms with Crippen LogP contribution in [0.5, 0.6) is 5.75 Å². The Balaban J connectivity index is 1.57. The van der Waals surface area contributed by atoms with E-state index in [0.29, 0.717) is 4.34 Å². The Labute approximate surface area is 174 Å². The smallest absolute Gasteiger partial charge is 0.419 e. The number of carbonyl (C=O) groups excluding carboxylic acids is 1. The fourth-order valence-electron chi connectivity index (χ4n) is 2.80. The molecule has 0 radical (unpaired) electrons. The average molecular weight is 469 g/mol. The third-order valence-corrected chi connectivity index (χ3v) is 7.87. The molecule has 3 rings (SSSR count). The molecule has 1 aromatic carbocycles. The van der Waals surface area contributed by atoms with E-state index >= 15 is 0 Å². The van der Waals surface area contributed by atoms with Gasteiger partial charge in [-0.15, -0.1) is 11.3 Å². The molecule has 29 heavy (non-hydrogen) atoms. The number of alkyl halides is 3. The van der Waals surface area contributed by atoms with Crippen molar-refractivity contribution >= 4 is 38.9 Å². The predicted octanol–water partition coefficient (Wildman–Crippen LogP) is 3.33. The average Bonchev–Trinajstić information content (AvgIpc) is 3.13. The van der Waals surface area contributed by atoms with E-state index in [-0.39, 0.29) is 30.4 Å². The molecule has 0 bridgehead atoms. The van der Waals surface area contributed by atoms with Gasteiger partial charge in [0.1, 0.15) is 9.96 Å². The van der Waals surface area contributed by atoms with E-state index in [1.54, 1.807) is 0 Å². The molecule has 2 aromatic rings. The molecular weight excluding hydrogens is 453 g/mol. The van der Waals surface area contributed by atoms with Crippen molar-refractivity contribution in [1.82, 2.24) is 9.21 Å². The van der Waals surface area contributed by atoms with Crippen molar-refractivity contribution in [3.05, 3.63) is 46.3 Å². The van der Waals surface area contributed by atoms with Gasteiger partial charge >= 0.3 is 6.18 Å². The summed E-state index contributed by atoms with van der Waals surface area (Å²) in [5, 5.41) is 0. The van der Waals surface area contributed by atoms with Crippen LogP contribution in [0.4, 0.5) is 13.2 Å². The number of sulfonamides is 1. The van der Waals surface area contributed by atoms with Crippen LogP contribution in [0.2, 0.25) is 4.34 Å². The van der Waals surface area contributed by atoms with Gasteiger partial charge in [-0.05, 0) is 24.3 Å². The summed E-state index contributed by atoms with van der Waals surface area (Å²) >= 11 is 6.74. The SMILES string of the molecule is O=C(COc1ccccc1C(F)(F)F)N1CCN(S(=O)(=O)c2ccc(Cl)s2)CC1. The molecule has 158 valence electrons. The number of hydrogen-bond donors (Lipinski definition) is 0. The first-order chi connectivity index (χ1) is 13.6. The summed E-state index contributed by atoms with van der Waals surface area (Å²) in [5.74, 6) is -0.942. The second-order valence-corrected chi connectivity index (χ2v) is 10.0. The number of nitrogens with zero attached hydrogens (tertiary/aromatic N) is 2. The van der Waals surface area contributed by atoms with Crippen molar-refractivity contribution in [1.29, 1.82) is 0 Å². The lowest BCUT2D eigenvalue weighted by Gasteiger charge is -2.33. The van der Waals surface area contributed by atoms with Crippen molar-refractivity contribution in [2.75, 3.05) is 32.8 Å². The number of rotatable bonds is 5. The van der Waals surface area contributed by atoms with Crippen LogP contribution in [0.15, 0.2) is 40.6 Å². The minimum absolute atomic E-state index is 0.0722. The van der Waals surface area contributed by atoms with E-state index in [0.717, 1.165) is 23.5 Å². The van der Waals surface area contributed by atoms with Crippen LogP contribution in [-0.4, -0.2) is 56.3 Å². The number of para-hydroxylation sites is 1. The Morgan fingerprint density at radius 1 is 1.10 bits per heavy atom. The molecule has 1 aliphatic heterocycles. The topological polar surface area (TPSA) is 66.9 Å². The van der Waals surface area contributed by atoms with Crippen LogP contribution < -0.4 is 4.74 Å². The second-order valence-electron chi connectivity index (χ2n) is 6.13. The summed E-state index contributed by atoms with van der Waals surface area (Å²) < 4.78 is 70.9. The van der Waals surface area contributed by atoms with Gasteiger partial charge in [0.25, 0.3) is 15.9 Å². The van der Waals surface area contributed by atoms with Gasteiger partial charge in [0.15, 0.2) is 6.61 Å². The van der Waals surface area contributed by atoms with E-state index in [4.69, 9.17) is 16.3 Å². The molecule has 1 fully saturated rings. The van der Waals surface area contributed by atoms with Crippen LogP contribution in [0.1, 0.15) is 5.56 Å². The number of hydrogen-bond acceptors (Lipinski definition) is 5. The number of thiophene rings is 1. The van der Waals surface area contributed by atoms with Crippen LogP contribution >= 0.6 is 22.9 Å². The van der Waals surface area contributed by atoms with Gasteiger partial charge < -0.3 is 9.64 Å². The molecular formula is C17H16ClF3N2O4S2. The molecule has 6 nitrogen and oxygen atoms in total. The molecule has 0 spiro atoms. The normalized spacial score (nSPS) is 16.1. The molecule has 1 aromatic heterocycles. The number of ether oxygens (including phenoxy) is 1. The molecule has 0 saturated carbocycles. The summed E-state index contributed by atoms with van der Waals surface area (Å²) in [4.78, 5) is 13.7. The van der Waals surface area contributed by atoms with Crippen LogP contribution in [0.25, 0.3) is 0 Å². The highest BCUT2D eigenvalue weighted by atomic mass is 35.5. The Morgan fingerprint density at radius 3 is 2.34 bits per heavy atom. The third kappa shape index (κ3) is 5.03. The first-order valence-electron chi connectivity index (χ1n) is 8.41. The second kappa shape index (κ2) is 8.50. The van der Waals surface area contributed by atoms with Crippen molar-refractivity contribution in [2.45, 2.75) is 10.4 Å². The third-order valence-electron chi connectivity index (χ3n) is 4.28. The Kier molecular flexibility index (Phi) is 6.42. The van der Waals surface area contributed by atoms with E-state index in [1.165, 1.54) is 33.5 Å². The lowest BCUT2D eigenvalue weighted by molar-refractivity contribution is -0.141. The zero-order valence-electron chi connectivity index (χ0n) is 14.9. The number of benzene rings is 1. The highest BCUT2D eigenvalue weighted by Gasteiger charge is 2.35. The monoisotopic (exact) mass is 468 g/mol. The molecule has 0 N–H and O–H groups in total. The number of piperazine rings is 1. The van der Waals surface area contributed by atoms with E-state index < -0.39 is 40.0 Å². The van der Waals surface area contributed by atoms with Gasteiger partial charge in [-0.3, -0.25) is 4.79 Å². The lowest BCUT2D eigenvalue weighted by Crippen LogP contribution is -2.51. The Morgan fingerprint density at radius 2 is 1.76 bits per heavy atom. The molecule has 1 amide bonds. The van der Waals surface area contributed by atoms with Crippen LogP contribution in [0.3, 0.4) is 0 Å². The van der Waals surface area contributed by atoms with Gasteiger partial charge in [0.2, 0.25) is 0 Å². The summed E-state index contributed by atoms with van der Waals surface area (Å²) in [6, 6.07) is 7.56.